The van der Waals surface area contributed by atoms with Crippen molar-refractivity contribution < 1.29 is 9.62 Å². The predicted molar refractivity (Wildman–Crippen MR) is 37.1 cm³/mol. The zero-order valence-electron chi connectivity index (χ0n) is 5.64. The van der Waals surface area contributed by atoms with Gasteiger partial charge in [-0.1, -0.05) is 4.85 Å². The van der Waals surface area contributed by atoms with E-state index >= 15 is 0 Å². The first-order valence-corrected chi connectivity index (χ1v) is 3.15. The minimum absolute atomic E-state index is 0.551. The summed E-state index contributed by atoms with van der Waals surface area (Å²) >= 11 is 0. The van der Waals surface area contributed by atoms with Crippen molar-refractivity contribution in [2.24, 2.45) is 0 Å². The molecule has 0 atom stereocenters. The summed E-state index contributed by atoms with van der Waals surface area (Å²) in [7, 11) is 0. The highest BCUT2D eigenvalue weighted by Gasteiger charge is 2.05. The molecule has 56 valence electrons. The molecule has 0 unspecified atom stereocenters. The van der Waals surface area contributed by atoms with Gasteiger partial charge in [-0.25, -0.2) is 0 Å². The summed E-state index contributed by atoms with van der Waals surface area (Å²) in [6, 6.07) is 5.17. The first-order valence-electron chi connectivity index (χ1n) is 3.15. The van der Waals surface area contributed by atoms with Crippen LogP contribution in [0.1, 0.15) is 0 Å². The normalized spacial score (nSPS) is 10.2. The third kappa shape index (κ3) is 0.881. The average molecular weight is 150 g/mol. The number of hydrogen-bond donors (Lipinski definition) is 1. The van der Waals surface area contributed by atoms with E-state index in [2.05, 4.69) is 5.10 Å². The van der Waals surface area contributed by atoms with Crippen LogP contribution < -0.4 is 0 Å². The molecule has 2 heterocycles. The van der Waals surface area contributed by atoms with Crippen molar-refractivity contribution in [3.05, 3.63) is 30.7 Å². The average Bonchev–Trinajstić information content (AvgIpc) is 2.55. The van der Waals surface area contributed by atoms with E-state index in [4.69, 9.17) is 9.62 Å². The van der Waals surface area contributed by atoms with Gasteiger partial charge in [0.15, 0.2) is 5.76 Å². The van der Waals surface area contributed by atoms with Gasteiger partial charge in [0, 0.05) is 0 Å². The van der Waals surface area contributed by atoms with Crippen LogP contribution >= 0.6 is 0 Å². The second-order valence-electron chi connectivity index (χ2n) is 2.08. The van der Waals surface area contributed by atoms with Gasteiger partial charge in [0.25, 0.3) is 0 Å². The summed E-state index contributed by atoms with van der Waals surface area (Å²) in [6.45, 7) is 0. The van der Waals surface area contributed by atoms with Gasteiger partial charge >= 0.3 is 0 Å². The fourth-order valence-corrected chi connectivity index (χ4v) is 0.901. The highest BCUT2D eigenvalue weighted by atomic mass is 16.5. The van der Waals surface area contributed by atoms with Crippen molar-refractivity contribution in [2.45, 2.75) is 0 Å². The lowest BCUT2D eigenvalue weighted by Crippen LogP contribution is -1.93. The summed E-state index contributed by atoms with van der Waals surface area (Å²) in [5.74, 6) is 0.602. The molecule has 0 fully saturated rings. The van der Waals surface area contributed by atoms with Gasteiger partial charge in [-0.15, -0.1) is 5.10 Å². The molecule has 0 aliphatic heterocycles. The maximum atomic E-state index is 9.07. The second kappa shape index (κ2) is 2.16. The standard InChI is InChI=1S/C7H6N2O2/c10-9-6(3-4-8-9)7-2-1-5-11-7/h1-5,10H. The molecule has 0 aliphatic carbocycles. The third-order valence-corrected chi connectivity index (χ3v) is 1.40. The fourth-order valence-electron chi connectivity index (χ4n) is 0.901. The Kier molecular flexibility index (Phi) is 1.18. The molecular weight excluding hydrogens is 144 g/mol. The molecule has 4 nitrogen and oxygen atoms in total. The van der Waals surface area contributed by atoms with Crippen LogP contribution in [0.25, 0.3) is 11.5 Å². The Labute approximate surface area is 62.6 Å². The van der Waals surface area contributed by atoms with Gasteiger partial charge in [-0.3, -0.25) is 0 Å². The fraction of sp³-hybridized carbons (Fsp3) is 0. The van der Waals surface area contributed by atoms with Crippen molar-refractivity contribution in [1.82, 2.24) is 9.94 Å². The topological polar surface area (TPSA) is 51.2 Å². The Balaban J connectivity index is 2.53. The second-order valence-corrected chi connectivity index (χ2v) is 2.08. The Hall–Kier alpha value is -1.71. The molecule has 0 amide bonds. The number of hydrogen-bond acceptors (Lipinski definition) is 3. The zero-order valence-corrected chi connectivity index (χ0v) is 5.64. The van der Waals surface area contributed by atoms with E-state index < -0.39 is 0 Å². The van der Waals surface area contributed by atoms with E-state index in [1.54, 1.807) is 24.5 Å². The molecule has 1 N–H and O–H groups in total. The highest BCUT2D eigenvalue weighted by Crippen LogP contribution is 2.17. The van der Waals surface area contributed by atoms with Crippen LogP contribution in [-0.2, 0) is 0 Å². The summed E-state index contributed by atoms with van der Waals surface area (Å²) in [5.41, 5.74) is 0.551. The third-order valence-electron chi connectivity index (χ3n) is 1.40. The lowest BCUT2D eigenvalue weighted by Gasteiger charge is -1.93. The molecule has 0 bridgehead atoms. The molecule has 11 heavy (non-hydrogen) atoms. The molecule has 0 aliphatic rings. The molecule has 0 saturated heterocycles. The maximum absolute atomic E-state index is 9.07. The number of rotatable bonds is 1. The highest BCUT2D eigenvalue weighted by molar-refractivity contribution is 5.50. The number of furan rings is 1. The SMILES string of the molecule is On1nccc1-c1ccco1. The van der Waals surface area contributed by atoms with Crippen LogP contribution in [0.3, 0.4) is 0 Å². The minimum Gasteiger partial charge on any atom is -0.463 e. The molecular formula is C7H6N2O2. The van der Waals surface area contributed by atoms with Crippen LogP contribution in [0, 0.1) is 0 Å². The van der Waals surface area contributed by atoms with Crippen LogP contribution in [-0.4, -0.2) is 15.2 Å². The Bertz CT molecular complexity index is 337. The largest absolute Gasteiger partial charge is 0.463 e. The monoisotopic (exact) mass is 150 g/mol. The van der Waals surface area contributed by atoms with Gasteiger partial charge in [-0.05, 0) is 18.2 Å². The van der Waals surface area contributed by atoms with E-state index in [0.717, 1.165) is 4.85 Å². The predicted octanol–water partition coefficient (Wildman–Crippen LogP) is 1.38. The van der Waals surface area contributed by atoms with Crippen molar-refractivity contribution in [3.63, 3.8) is 0 Å². The van der Waals surface area contributed by atoms with E-state index in [1.165, 1.54) is 6.20 Å². The molecule has 0 aromatic carbocycles. The Morgan fingerprint density at radius 1 is 1.45 bits per heavy atom. The van der Waals surface area contributed by atoms with Crippen LogP contribution in [0.4, 0.5) is 0 Å². The summed E-state index contributed by atoms with van der Waals surface area (Å²) in [4.78, 5) is 0.777. The number of aromatic nitrogens is 2. The van der Waals surface area contributed by atoms with Gasteiger partial charge in [0.05, 0.1) is 12.5 Å². The van der Waals surface area contributed by atoms with Gasteiger partial charge < -0.3 is 9.62 Å². The van der Waals surface area contributed by atoms with Gasteiger partial charge in [-0.2, -0.15) is 0 Å². The molecule has 0 spiro atoms. The van der Waals surface area contributed by atoms with E-state index in [1.807, 2.05) is 0 Å². The number of nitrogens with zero attached hydrogens (tertiary/aromatic N) is 2. The molecule has 2 aromatic rings. The van der Waals surface area contributed by atoms with E-state index in [0.29, 0.717) is 11.5 Å². The minimum atomic E-state index is 0.551. The summed E-state index contributed by atoms with van der Waals surface area (Å²) in [6.07, 6.45) is 3.04. The first-order chi connectivity index (χ1) is 5.38. The van der Waals surface area contributed by atoms with Gasteiger partial charge in [0.2, 0.25) is 0 Å². The van der Waals surface area contributed by atoms with Crippen molar-refractivity contribution in [3.8, 4) is 11.5 Å². The van der Waals surface area contributed by atoms with Crippen LogP contribution in [0.2, 0.25) is 0 Å². The summed E-state index contributed by atoms with van der Waals surface area (Å²) in [5, 5.41) is 12.7. The van der Waals surface area contributed by atoms with Gasteiger partial charge in [0.1, 0.15) is 5.69 Å². The molecule has 0 saturated carbocycles. The Morgan fingerprint density at radius 3 is 2.91 bits per heavy atom. The Morgan fingerprint density at radius 2 is 2.36 bits per heavy atom. The van der Waals surface area contributed by atoms with Crippen LogP contribution in [0.15, 0.2) is 35.1 Å². The summed E-state index contributed by atoms with van der Waals surface area (Å²) < 4.78 is 5.04. The van der Waals surface area contributed by atoms with E-state index in [-0.39, 0.29) is 0 Å². The maximum Gasteiger partial charge on any atom is 0.155 e. The van der Waals surface area contributed by atoms with Crippen molar-refractivity contribution in [1.29, 1.82) is 0 Å². The molecule has 0 radical (unpaired) electrons. The van der Waals surface area contributed by atoms with Crippen LogP contribution in [0.5, 0.6) is 0 Å². The van der Waals surface area contributed by atoms with E-state index in [9.17, 15) is 0 Å². The first kappa shape index (κ1) is 6.03. The lowest BCUT2D eigenvalue weighted by molar-refractivity contribution is 0.152. The molecule has 2 aromatic heterocycles. The quantitative estimate of drug-likeness (QED) is 0.625. The molecule has 2 rings (SSSR count). The van der Waals surface area contributed by atoms with Crippen molar-refractivity contribution >= 4 is 0 Å². The smallest absolute Gasteiger partial charge is 0.155 e. The lowest BCUT2D eigenvalue weighted by atomic mass is 10.3. The molecule has 4 heteroatoms. The van der Waals surface area contributed by atoms with Crippen molar-refractivity contribution in [2.75, 3.05) is 0 Å². The zero-order chi connectivity index (χ0) is 7.68.